The molecule has 1 saturated heterocycles. The topological polar surface area (TPSA) is 80.3 Å². The summed E-state index contributed by atoms with van der Waals surface area (Å²) in [4.78, 5) is 26.7. The van der Waals surface area contributed by atoms with Crippen molar-refractivity contribution in [2.24, 2.45) is 17.8 Å². The highest BCUT2D eigenvalue weighted by atomic mass is 28.4. The zero-order chi connectivity index (χ0) is 37.2. The highest BCUT2D eigenvalue weighted by Crippen LogP contribution is 2.47. The Morgan fingerprint density at radius 2 is 1.56 bits per heavy atom. The molecule has 0 radical (unpaired) electrons. The van der Waals surface area contributed by atoms with Gasteiger partial charge in [-0.1, -0.05) is 91.3 Å². The second kappa shape index (κ2) is 15.8. The van der Waals surface area contributed by atoms with Crippen molar-refractivity contribution in [2.75, 3.05) is 0 Å². The maximum absolute atomic E-state index is 13.9. The van der Waals surface area contributed by atoms with Crippen molar-refractivity contribution >= 4 is 28.6 Å². The van der Waals surface area contributed by atoms with E-state index < -0.39 is 22.7 Å². The number of benzene rings is 1. The first-order valence-electron chi connectivity index (χ1n) is 19.0. The molecule has 0 N–H and O–H groups in total. The van der Waals surface area contributed by atoms with Gasteiger partial charge in [0.1, 0.15) is 18.0 Å². The smallest absolute Gasteiger partial charge is 0.347 e. The van der Waals surface area contributed by atoms with Gasteiger partial charge in [-0.2, -0.15) is 0 Å². The summed E-state index contributed by atoms with van der Waals surface area (Å²) in [7, 11) is -4.14. The zero-order valence-electron chi connectivity index (χ0n) is 33.3. The molecule has 3 aliphatic rings. The summed E-state index contributed by atoms with van der Waals surface area (Å²) in [5.41, 5.74) is 2.31. The Morgan fingerprint density at radius 1 is 0.940 bits per heavy atom. The summed E-state index contributed by atoms with van der Waals surface area (Å²) in [6.45, 7) is 28.7. The van der Waals surface area contributed by atoms with Crippen LogP contribution in [0.15, 0.2) is 48.1 Å². The van der Waals surface area contributed by atoms with E-state index in [9.17, 15) is 9.59 Å². The van der Waals surface area contributed by atoms with Crippen molar-refractivity contribution in [3.05, 3.63) is 53.6 Å². The minimum Gasteiger partial charge on any atom is -0.479 e. The van der Waals surface area contributed by atoms with E-state index in [2.05, 4.69) is 92.9 Å². The molecule has 9 heteroatoms. The molecule has 0 spiro atoms. The van der Waals surface area contributed by atoms with E-state index >= 15 is 0 Å². The Bertz CT molecular complexity index is 1380. The fourth-order valence-corrected chi connectivity index (χ4v) is 9.64. The summed E-state index contributed by atoms with van der Waals surface area (Å²) in [5, 5.41) is 0.116. The molecule has 1 aromatic carbocycles. The molecule has 50 heavy (non-hydrogen) atoms. The average molecular weight is 727 g/mol. The van der Waals surface area contributed by atoms with Gasteiger partial charge in [-0.25, -0.2) is 4.79 Å². The van der Waals surface area contributed by atoms with Crippen LogP contribution in [0, 0.1) is 24.7 Å². The molecule has 8 atom stereocenters. The highest BCUT2D eigenvalue weighted by molar-refractivity contribution is 6.74. The lowest BCUT2D eigenvalue weighted by molar-refractivity contribution is -0.164. The Balaban J connectivity index is 1.56. The lowest BCUT2D eigenvalue weighted by atomic mass is 9.66. The molecule has 0 aromatic heterocycles. The van der Waals surface area contributed by atoms with Crippen LogP contribution < -0.4 is 4.74 Å². The lowest BCUT2D eigenvalue weighted by Crippen LogP contribution is -2.49. The minimum absolute atomic E-state index is 0.00802. The van der Waals surface area contributed by atoms with E-state index in [0.29, 0.717) is 25.0 Å². The quantitative estimate of drug-likeness (QED) is 0.157. The fraction of sp³-hybridized carbons (Fsp3) is 0.707. The van der Waals surface area contributed by atoms with Gasteiger partial charge < -0.3 is 23.1 Å². The highest BCUT2D eigenvalue weighted by Gasteiger charge is 2.47. The van der Waals surface area contributed by atoms with E-state index in [1.54, 1.807) is 0 Å². The molecule has 7 nitrogen and oxygen atoms in total. The van der Waals surface area contributed by atoms with Gasteiger partial charge in [0.2, 0.25) is 0 Å². The van der Waals surface area contributed by atoms with E-state index in [0.717, 1.165) is 24.8 Å². The van der Waals surface area contributed by atoms with Gasteiger partial charge in [0.25, 0.3) is 0 Å². The number of ether oxygens (including phenoxy) is 3. The summed E-state index contributed by atoms with van der Waals surface area (Å²) >= 11 is 0. The van der Waals surface area contributed by atoms with Gasteiger partial charge >= 0.3 is 11.9 Å². The van der Waals surface area contributed by atoms with Crippen LogP contribution in [0.5, 0.6) is 5.75 Å². The van der Waals surface area contributed by atoms with Crippen molar-refractivity contribution in [1.82, 2.24) is 0 Å². The van der Waals surface area contributed by atoms with Crippen LogP contribution in [0.1, 0.15) is 99.5 Å². The molecular weight excluding hydrogens is 661 g/mol. The summed E-state index contributed by atoms with van der Waals surface area (Å²) in [6.07, 6.45) is 8.99. The van der Waals surface area contributed by atoms with Crippen molar-refractivity contribution < 1.29 is 32.7 Å². The number of allylic oxidation sites excluding steroid dienone is 2. The molecule has 0 amide bonds. The number of rotatable bonds is 12. The van der Waals surface area contributed by atoms with Crippen LogP contribution in [0.2, 0.25) is 36.3 Å². The molecule has 1 unspecified atom stereocenters. The molecule has 4 rings (SSSR count). The number of carbonyl (C=O) groups excluding carboxylic acids is 2. The molecule has 0 saturated carbocycles. The monoisotopic (exact) mass is 726 g/mol. The SMILES string of the molecule is CCC(Oc1ccc(C)cc1)C(=O)O[C@H]1C[C@H](O[Si](C)(C)C(C)(C)C)C=C2C=C[C@H](C)[C@H](CC[C@@H]3C[C@@H](O[Si](C)(C)C(C)(C)C)CC(=O)O3)[C@H]21. The van der Waals surface area contributed by atoms with Crippen LogP contribution in [0.4, 0.5) is 0 Å². The van der Waals surface area contributed by atoms with Crippen LogP contribution in [0.3, 0.4) is 0 Å². The maximum Gasteiger partial charge on any atom is 0.347 e. The Hall–Kier alpha value is -2.21. The third-order valence-corrected chi connectivity index (χ3v) is 21.2. The second-order valence-corrected chi connectivity index (χ2v) is 27.7. The molecular formula is C41H66O7Si2. The molecule has 1 aliphatic heterocycles. The Morgan fingerprint density at radius 3 is 2.16 bits per heavy atom. The first-order valence-corrected chi connectivity index (χ1v) is 24.8. The summed E-state index contributed by atoms with van der Waals surface area (Å²) in [6, 6.07) is 7.78. The van der Waals surface area contributed by atoms with E-state index in [-0.39, 0.29) is 64.2 Å². The first-order chi connectivity index (χ1) is 23.1. The Kier molecular flexibility index (Phi) is 12.8. The van der Waals surface area contributed by atoms with Crippen LogP contribution >= 0.6 is 0 Å². The predicted molar refractivity (Wildman–Crippen MR) is 206 cm³/mol. The number of esters is 2. The van der Waals surface area contributed by atoms with Crippen molar-refractivity contribution in [3.63, 3.8) is 0 Å². The van der Waals surface area contributed by atoms with E-state index in [1.807, 2.05) is 38.1 Å². The predicted octanol–water partition coefficient (Wildman–Crippen LogP) is 10.1. The second-order valence-electron chi connectivity index (χ2n) is 18.2. The van der Waals surface area contributed by atoms with Crippen molar-refractivity contribution in [1.29, 1.82) is 0 Å². The fourth-order valence-electron chi connectivity index (χ4n) is 6.99. The third-order valence-electron chi connectivity index (χ3n) is 12.1. The zero-order valence-corrected chi connectivity index (χ0v) is 35.3. The molecule has 1 aromatic rings. The molecule has 2 aliphatic carbocycles. The largest absolute Gasteiger partial charge is 0.479 e. The number of hydrogen-bond donors (Lipinski definition) is 0. The van der Waals surface area contributed by atoms with Crippen LogP contribution in [0.25, 0.3) is 0 Å². The third kappa shape index (κ3) is 10.0. The number of hydrogen-bond acceptors (Lipinski definition) is 7. The number of carbonyl (C=O) groups is 2. The molecule has 0 bridgehead atoms. The summed E-state index contributed by atoms with van der Waals surface area (Å²) in [5.74, 6) is 0.632. The standard InChI is InChI=1S/C41H66O7Si2/c1-14-35(44-30-19-15-27(2)16-20-30)39(43)46-36-25-32(47-49(10,11)40(4,5)6)23-29-18-17-28(3)34(38(29)36)22-21-31-24-33(26-37(42)45-31)48-50(12,13)41(7,8)9/h15-20,23,28,31-36,38H,14,21-22,24-26H2,1-13H3/t28-,31+,32+,33+,34-,35?,36-,38-/m0/s1. The normalized spacial score (nSPS) is 28.3. The van der Waals surface area contributed by atoms with Gasteiger partial charge in [0.15, 0.2) is 22.7 Å². The van der Waals surface area contributed by atoms with E-state index in [1.165, 1.54) is 5.57 Å². The van der Waals surface area contributed by atoms with Gasteiger partial charge in [-0.15, -0.1) is 0 Å². The number of cyclic esters (lactones) is 1. The van der Waals surface area contributed by atoms with Gasteiger partial charge in [0.05, 0.1) is 18.6 Å². The van der Waals surface area contributed by atoms with Crippen molar-refractivity contribution in [3.8, 4) is 5.75 Å². The van der Waals surface area contributed by atoms with Gasteiger partial charge in [-0.05, 0) is 92.0 Å². The minimum atomic E-state index is -2.10. The number of aryl methyl sites for hydroxylation is 1. The molecule has 1 heterocycles. The van der Waals surface area contributed by atoms with Crippen LogP contribution in [-0.4, -0.2) is 59.1 Å². The van der Waals surface area contributed by atoms with Gasteiger partial charge in [-0.3, -0.25) is 4.79 Å². The Labute approximate surface area is 305 Å². The van der Waals surface area contributed by atoms with E-state index in [4.69, 9.17) is 23.1 Å². The van der Waals surface area contributed by atoms with Crippen LogP contribution in [-0.2, 0) is 27.9 Å². The van der Waals surface area contributed by atoms with Gasteiger partial charge in [0, 0.05) is 18.8 Å². The maximum atomic E-state index is 13.9. The lowest BCUT2D eigenvalue weighted by Gasteiger charge is -2.46. The van der Waals surface area contributed by atoms with Crippen molar-refractivity contribution in [2.45, 2.75) is 168 Å². The number of fused-ring (bicyclic) bond motifs is 1. The molecule has 280 valence electrons. The first kappa shape index (κ1) is 40.6. The summed E-state index contributed by atoms with van der Waals surface area (Å²) < 4.78 is 32.3. The molecule has 1 fully saturated rings. The average Bonchev–Trinajstić information content (AvgIpc) is 2.98.